The topological polar surface area (TPSA) is 46.5 Å². The summed E-state index contributed by atoms with van der Waals surface area (Å²) in [6.07, 6.45) is 1.57. The number of rotatable bonds is 5. The number of aliphatic carboxylic acids is 1. The van der Waals surface area contributed by atoms with Crippen LogP contribution < -0.4 is 4.74 Å². The molecule has 3 nitrogen and oxygen atoms in total. The SMILES string of the molecule is C=CCOc1ccc(CC(=O)O)cc1Cl.[Na]. The van der Waals surface area contributed by atoms with Gasteiger partial charge in [-0.2, -0.15) is 0 Å². The molecule has 0 fully saturated rings. The summed E-state index contributed by atoms with van der Waals surface area (Å²) in [4.78, 5) is 10.4. The van der Waals surface area contributed by atoms with Crippen molar-refractivity contribution in [2.24, 2.45) is 0 Å². The molecule has 0 atom stereocenters. The maximum absolute atomic E-state index is 10.4. The zero-order chi connectivity index (χ0) is 11.3. The van der Waals surface area contributed by atoms with Crippen molar-refractivity contribution < 1.29 is 14.6 Å². The molecule has 5 heteroatoms. The number of carboxylic acids is 1. The van der Waals surface area contributed by atoms with Gasteiger partial charge in [-0.3, -0.25) is 4.79 Å². The second-order valence-electron chi connectivity index (χ2n) is 2.93. The van der Waals surface area contributed by atoms with Crippen LogP contribution >= 0.6 is 11.6 Å². The van der Waals surface area contributed by atoms with E-state index in [-0.39, 0.29) is 36.0 Å². The van der Waals surface area contributed by atoms with E-state index in [1.807, 2.05) is 0 Å². The summed E-state index contributed by atoms with van der Waals surface area (Å²) in [7, 11) is 0. The number of carboxylic acid groups (broad SMARTS) is 1. The first-order valence-electron chi connectivity index (χ1n) is 4.37. The minimum absolute atomic E-state index is 0. The Balaban J connectivity index is 0.00000225. The third-order valence-electron chi connectivity index (χ3n) is 1.71. The van der Waals surface area contributed by atoms with Gasteiger partial charge in [0, 0.05) is 29.6 Å². The van der Waals surface area contributed by atoms with E-state index < -0.39 is 5.97 Å². The van der Waals surface area contributed by atoms with Gasteiger partial charge in [0.25, 0.3) is 0 Å². The molecule has 1 aromatic rings. The van der Waals surface area contributed by atoms with Gasteiger partial charge in [0.05, 0.1) is 11.4 Å². The monoisotopic (exact) mass is 249 g/mol. The van der Waals surface area contributed by atoms with Crippen LogP contribution in [0.2, 0.25) is 5.02 Å². The fraction of sp³-hybridized carbons (Fsp3) is 0.182. The third kappa shape index (κ3) is 5.03. The average molecular weight is 250 g/mol. The van der Waals surface area contributed by atoms with Crippen molar-refractivity contribution >= 4 is 47.1 Å². The second kappa shape index (κ2) is 7.74. The van der Waals surface area contributed by atoms with Crippen molar-refractivity contribution in [2.75, 3.05) is 6.61 Å². The Bertz CT molecular complexity index is 379. The molecule has 0 aromatic heterocycles. The van der Waals surface area contributed by atoms with E-state index in [9.17, 15) is 4.79 Å². The predicted octanol–water partition coefficient (Wildman–Crippen LogP) is 2.15. The van der Waals surface area contributed by atoms with Gasteiger partial charge in [0.2, 0.25) is 0 Å². The Morgan fingerprint density at radius 2 is 2.25 bits per heavy atom. The van der Waals surface area contributed by atoms with Gasteiger partial charge < -0.3 is 9.84 Å². The zero-order valence-corrected chi connectivity index (χ0v) is 11.8. The van der Waals surface area contributed by atoms with Crippen molar-refractivity contribution in [1.82, 2.24) is 0 Å². The molecule has 0 aliphatic rings. The Morgan fingerprint density at radius 1 is 1.56 bits per heavy atom. The van der Waals surface area contributed by atoms with Crippen molar-refractivity contribution in [3.63, 3.8) is 0 Å². The third-order valence-corrected chi connectivity index (χ3v) is 2.00. The maximum atomic E-state index is 10.4. The van der Waals surface area contributed by atoms with E-state index in [1.165, 1.54) is 0 Å². The molecule has 0 saturated heterocycles. The van der Waals surface area contributed by atoms with E-state index >= 15 is 0 Å². The Kier molecular flexibility index (Phi) is 7.51. The molecule has 0 saturated carbocycles. The summed E-state index contributed by atoms with van der Waals surface area (Å²) in [6.45, 7) is 3.89. The first-order valence-corrected chi connectivity index (χ1v) is 4.75. The molecule has 0 aliphatic heterocycles. The van der Waals surface area contributed by atoms with Gasteiger partial charge in [0.15, 0.2) is 0 Å². The van der Waals surface area contributed by atoms with Crippen LogP contribution in [0.3, 0.4) is 0 Å². The normalized spacial score (nSPS) is 9.06. The van der Waals surface area contributed by atoms with Crippen molar-refractivity contribution in [3.8, 4) is 5.75 Å². The van der Waals surface area contributed by atoms with E-state index in [1.54, 1.807) is 24.3 Å². The molecule has 81 valence electrons. The van der Waals surface area contributed by atoms with Gasteiger partial charge in [-0.15, -0.1) is 0 Å². The molecular weight excluding hydrogens is 239 g/mol. The standard InChI is InChI=1S/C11H11ClO3.Na/c1-2-5-15-10-4-3-8(6-9(10)12)7-11(13)14;/h2-4,6H,1,5,7H2,(H,13,14);. The van der Waals surface area contributed by atoms with Gasteiger partial charge in [-0.1, -0.05) is 30.3 Å². The molecule has 0 heterocycles. The predicted molar refractivity (Wildman–Crippen MR) is 64.2 cm³/mol. The first-order chi connectivity index (χ1) is 7.13. The first kappa shape index (κ1) is 15.5. The average Bonchev–Trinajstić information content (AvgIpc) is 2.15. The van der Waals surface area contributed by atoms with E-state index in [0.29, 0.717) is 22.9 Å². The van der Waals surface area contributed by atoms with Gasteiger partial charge in [-0.05, 0) is 17.7 Å². The van der Waals surface area contributed by atoms with Crippen LogP contribution in [0.1, 0.15) is 5.56 Å². The molecule has 1 aromatic carbocycles. The Morgan fingerprint density at radius 3 is 2.75 bits per heavy atom. The van der Waals surface area contributed by atoms with E-state index in [0.717, 1.165) is 0 Å². The van der Waals surface area contributed by atoms with Gasteiger partial charge in [-0.25, -0.2) is 0 Å². The maximum Gasteiger partial charge on any atom is 0.307 e. The Hall–Kier alpha value is -0.480. The summed E-state index contributed by atoms with van der Waals surface area (Å²) in [5.41, 5.74) is 0.651. The van der Waals surface area contributed by atoms with Crippen LogP contribution in [-0.2, 0) is 11.2 Å². The molecule has 0 bridgehead atoms. The van der Waals surface area contributed by atoms with Crippen molar-refractivity contribution in [1.29, 1.82) is 0 Å². The largest absolute Gasteiger partial charge is 0.488 e. The summed E-state index contributed by atoms with van der Waals surface area (Å²) >= 11 is 5.90. The fourth-order valence-electron chi connectivity index (χ4n) is 1.09. The van der Waals surface area contributed by atoms with E-state index in [4.69, 9.17) is 21.4 Å². The van der Waals surface area contributed by atoms with Crippen molar-refractivity contribution in [3.05, 3.63) is 41.4 Å². The molecule has 1 N–H and O–H groups in total. The smallest absolute Gasteiger partial charge is 0.307 e. The van der Waals surface area contributed by atoms with Crippen LogP contribution in [0.4, 0.5) is 0 Å². The molecule has 1 radical (unpaired) electrons. The quantitative estimate of drug-likeness (QED) is 0.643. The second-order valence-corrected chi connectivity index (χ2v) is 3.34. The van der Waals surface area contributed by atoms with E-state index in [2.05, 4.69) is 6.58 Å². The minimum atomic E-state index is -0.883. The fourth-order valence-corrected chi connectivity index (χ4v) is 1.35. The number of ether oxygens (including phenoxy) is 1. The number of benzene rings is 1. The number of carbonyl (C=O) groups is 1. The Labute approximate surface area is 121 Å². The molecule has 0 spiro atoms. The molecule has 16 heavy (non-hydrogen) atoms. The van der Waals surface area contributed by atoms with Gasteiger partial charge in [0.1, 0.15) is 12.4 Å². The van der Waals surface area contributed by atoms with Crippen molar-refractivity contribution in [2.45, 2.75) is 6.42 Å². The summed E-state index contributed by atoms with van der Waals surface area (Å²) in [6, 6.07) is 4.93. The zero-order valence-electron chi connectivity index (χ0n) is 9.07. The molecule has 0 unspecified atom stereocenters. The number of hydrogen-bond donors (Lipinski definition) is 1. The van der Waals surface area contributed by atoms with Crippen LogP contribution in [0.25, 0.3) is 0 Å². The van der Waals surface area contributed by atoms with Crippen LogP contribution in [0, 0.1) is 0 Å². The number of hydrogen-bond acceptors (Lipinski definition) is 2. The summed E-state index contributed by atoms with van der Waals surface area (Å²) in [5, 5.41) is 8.99. The molecule has 0 aliphatic carbocycles. The summed E-state index contributed by atoms with van der Waals surface area (Å²) in [5.74, 6) is -0.350. The molecule has 1 rings (SSSR count). The van der Waals surface area contributed by atoms with Crippen LogP contribution in [-0.4, -0.2) is 47.2 Å². The van der Waals surface area contributed by atoms with Gasteiger partial charge >= 0.3 is 5.97 Å². The molecular formula is C11H11ClNaO3. The van der Waals surface area contributed by atoms with Crippen LogP contribution in [0.5, 0.6) is 5.75 Å². The number of halogens is 1. The minimum Gasteiger partial charge on any atom is -0.488 e. The molecule has 0 amide bonds. The van der Waals surface area contributed by atoms with Crippen LogP contribution in [0.15, 0.2) is 30.9 Å². The summed E-state index contributed by atoms with van der Waals surface area (Å²) < 4.78 is 5.25.